The van der Waals surface area contributed by atoms with Gasteiger partial charge >= 0.3 is 5.88 Å². The van der Waals surface area contributed by atoms with Crippen LogP contribution in [0.5, 0.6) is 5.75 Å². The lowest BCUT2D eigenvalue weighted by Gasteiger charge is -2.12. The molecule has 0 saturated heterocycles. The number of furan rings is 1. The van der Waals surface area contributed by atoms with Crippen molar-refractivity contribution in [2.24, 2.45) is 5.10 Å². The van der Waals surface area contributed by atoms with E-state index in [1.165, 1.54) is 37.4 Å². The molecule has 12 heteroatoms. The SMILES string of the molecule is COc1ccccc1NS(=O)(=O)c1cccc(C(=O)NN=Cc2ccc([N+](=O)[O-])o2)c1. The van der Waals surface area contributed by atoms with Gasteiger partial charge in [-0.05, 0) is 36.4 Å². The normalized spacial score (nSPS) is 11.3. The molecule has 3 rings (SSSR count). The number of para-hydroxylation sites is 2. The molecule has 2 N–H and O–H groups in total. The maximum atomic E-state index is 12.7. The molecule has 0 radical (unpaired) electrons. The Labute approximate surface area is 176 Å². The molecule has 31 heavy (non-hydrogen) atoms. The molecule has 3 aromatic rings. The van der Waals surface area contributed by atoms with E-state index < -0.39 is 26.7 Å². The number of sulfonamides is 1. The molecule has 1 amide bonds. The topological polar surface area (TPSA) is 153 Å². The minimum atomic E-state index is -4.00. The van der Waals surface area contributed by atoms with Gasteiger partial charge in [-0.15, -0.1) is 0 Å². The Kier molecular flexibility index (Phi) is 6.31. The number of methoxy groups -OCH3 is 1. The first-order valence-corrected chi connectivity index (χ1v) is 10.1. The number of amides is 1. The van der Waals surface area contributed by atoms with Crippen molar-refractivity contribution in [3.63, 3.8) is 0 Å². The number of hydrogen-bond acceptors (Lipinski definition) is 8. The number of ether oxygens (including phenoxy) is 1. The lowest BCUT2D eigenvalue weighted by Crippen LogP contribution is -2.19. The summed E-state index contributed by atoms with van der Waals surface area (Å²) in [5.74, 6) is -0.753. The van der Waals surface area contributed by atoms with Crippen molar-refractivity contribution < 1.29 is 27.3 Å². The molecule has 1 aromatic heterocycles. The molecule has 0 aliphatic carbocycles. The molecular weight excluding hydrogens is 428 g/mol. The van der Waals surface area contributed by atoms with Crippen LogP contribution in [0.3, 0.4) is 0 Å². The summed E-state index contributed by atoms with van der Waals surface area (Å²) in [4.78, 5) is 22.0. The maximum absolute atomic E-state index is 12.7. The van der Waals surface area contributed by atoms with E-state index in [4.69, 9.17) is 9.15 Å². The summed E-state index contributed by atoms with van der Waals surface area (Å²) in [5.41, 5.74) is 2.48. The van der Waals surface area contributed by atoms with E-state index in [0.717, 1.165) is 12.3 Å². The molecule has 160 valence electrons. The van der Waals surface area contributed by atoms with Gasteiger partial charge in [0, 0.05) is 5.56 Å². The number of nitrogens with one attached hydrogen (secondary N) is 2. The summed E-state index contributed by atoms with van der Waals surface area (Å²) in [7, 11) is -2.58. The highest BCUT2D eigenvalue weighted by molar-refractivity contribution is 7.92. The first-order chi connectivity index (χ1) is 14.8. The predicted molar refractivity (Wildman–Crippen MR) is 111 cm³/mol. The number of carbonyl (C=O) groups is 1. The van der Waals surface area contributed by atoms with Gasteiger partial charge in [0.25, 0.3) is 15.9 Å². The number of nitro groups is 1. The second-order valence-corrected chi connectivity index (χ2v) is 7.65. The summed E-state index contributed by atoms with van der Waals surface area (Å²) in [6, 6.07) is 14.3. The summed E-state index contributed by atoms with van der Waals surface area (Å²) >= 11 is 0. The van der Waals surface area contributed by atoms with Gasteiger partial charge in [0.2, 0.25) is 0 Å². The van der Waals surface area contributed by atoms with Crippen molar-refractivity contribution in [2.75, 3.05) is 11.8 Å². The average molecular weight is 444 g/mol. The molecule has 1 heterocycles. The van der Waals surface area contributed by atoms with Crippen molar-refractivity contribution >= 4 is 33.7 Å². The zero-order valence-electron chi connectivity index (χ0n) is 16.0. The van der Waals surface area contributed by atoms with Gasteiger partial charge in [-0.3, -0.25) is 19.6 Å². The zero-order chi connectivity index (χ0) is 22.4. The minimum Gasteiger partial charge on any atom is -0.495 e. The monoisotopic (exact) mass is 444 g/mol. The Morgan fingerprint density at radius 2 is 1.94 bits per heavy atom. The van der Waals surface area contributed by atoms with Crippen LogP contribution in [0.1, 0.15) is 16.1 Å². The summed E-state index contributed by atoms with van der Waals surface area (Å²) in [6.45, 7) is 0. The van der Waals surface area contributed by atoms with Crippen LogP contribution in [-0.4, -0.2) is 32.6 Å². The smallest absolute Gasteiger partial charge is 0.433 e. The molecule has 0 atom stereocenters. The van der Waals surface area contributed by atoms with Crippen molar-refractivity contribution in [1.82, 2.24) is 5.43 Å². The molecule has 0 spiro atoms. The van der Waals surface area contributed by atoms with Crippen molar-refractivity contribution in [1.29, 1.82) is 0 Å². The third-order valence-electron chi connectivity index (χ3n) is 3.91. The van der Waals surface area contributed by atoms with E-state index in [0.29, 0.717) is 5.75 Å². The van der Waals surface area contributed by atoms with Gasteiger partial charge in [-0.25, -0.2) is 13.8 Å². The highest BCUT2D eigenvalue weighted by Gasteiger charge is 2.18. The summed E-state index contributed by atoms with van der Waals surface area (Å²) in [6.07, 6.45) is 1.08. The number of hydrogen-bond donors (Lipinski definition) is 2. The second kappa shape index (κ2) is 9.09. The third-order valence-corrected chi connectivity index (χ3v) is 5.27. The lowest BCUT2D eigenvalue weighted by molar-refractivity contribution is -0.402. The molecule has 0 saturated carbocycles. The highest BCUT2D eigenvalue weighted by Crippen LogP contribution is 2.26. The summed E-state index contributed by atoms with van der Waals surface area (Å²) < 4.78 is 37.8. The van der Waals surface area contributed by atoms with Crippen LogP contribution in [0.25, 0.3) is 0 Å². The van der Waals surface area contributed by atoms with Crippen LogP contribution in [0.15, 0.2) is 75.1 Å². The largest absolute Gasteiger partial charge is 0.495 e. The Hall–Kier alpha value is -4.19. The maximum Gasteiger partial charge on any atom is 0.433 e. The number of carbonyl (C=O) groups excluding carboxylic acids is 1. The Morgan fingerprint density at radius 1 is 1.16 bits per heavy atom. The lowest BCUT2D eigenvalue weighted by atomic mass is 10.2. The van der Waals surface area contributed by atoms with Crippen LogP contribution < -0.4 is 14.9 Å². The van der Waals surface area contributed by atoms with E-state index in [1.54, 1.807) is 24.3 Å². The van der Waals surface area contributed by atoms with E-state index in [1.807, 2.05) is 0 Å². The first-order valence-electron chi connectivity index (χ1n) is 8.63. The number of nitrogens with zero attached hydrogens (tertiary/aromatic N) is 2. The molecule has 0 unspecified atom stereocenters. The molecule has 2 aromatic carbocycles. The number of anilines is 1. The molecular formula is C19H16N4O7S. The van der Waals surface area contributed by atoms with Gasteiger partial charge in [0.05, 0.1) is 30.0 Å². The molecule has 11 nitrogen and oxygen atoms in total. The Balaban J connectivity index is 1.73. The Bertz CT molecular complexity index is 1250. The predicted octanol–water partition coefficient (Wildman–Crippen LogP) is 2.76. The molecule has 0 bridgehead atoms. The van der Waals surface area contributed by atoms with Gasteiger partial charge in [-0.2, -0.15) is 5.10 Å². The highest BCUT2D eigenvalue weighted by atomic mass is 32.2. The van der Waals surface area contributed by atoms with Gasteiger partial charge in [0.1, 0.15) is 10.7 Å². The molecule has 0 aliphatic rings. The first kappa shape index (κ1) is 21.5. The van der Waals surface area contributed by atoms with Crippen LogP contribution in [0.4, 0.5) is 11.6 Å². The fourth-order valence-electron chi connectivity index (χ4n) is 2.47. The van der Waals surface area contributed by atoms with Crippen molar-refractivity contribution in [3.8, 4) is 5.75 Å². The van der Waals surface area contributed by atoms with Crippen molar-refractivity contribution in [3.05, 3.63) is 82.1 Å². The second-order valence-electron chi connectivity index (χ2n) is 5.97. The van der Waals surface area contributed by atoms with E-state index >= 15 is 0 Å². The van der Waals surface area contributed by atoms with Crippen molar-refractivity contribution in [2.45, 2.75) is 4.90 Å². The molecule has 0 fully saturated rings. The number of benzene rings is 2. The summed E-state index contributed by atoms with van der Waals surface area (Å²) in [5, 5.41) is 14.2. The van der Waals surface area contributed by atoms with Crippen LogP contribution >= 0.6 is 0 Å². The van der Waals surface area contributed by atoms with Crippen LogP contribution in [-0.2, 0) is 10.0 Å². The Morgan fingerprint density at radius 3 is 2.65 bits per heavy atom. The van der Waals surface area contributed by atoms with Gasteiger partial charge < -0.3 is 9.15 Å². The average Bonchev–Trinajstić information content (AvgIpc) is 3.23. The number of hydrazone groups is 1. The standard InChI is InChI=1S/C19H16N4O7S/c1-29-17-8-3-2-7-16(17)22-31(27,28)15-6-4-5-13(11-15)19(24)21-20-12-14-9-10-18(30-14)23(25)26/h2-12,22H,1H3,(H,21,24). The fourth-order valence-corrected chi connectivity index (χ4v) is 3.58. The number of rotatable bonds is 8. The van der Waals surface area contributed by atoms with Gasteiger partial charge in [0.15, 0.2) is 5.76 Å². The van der Waals surface area contributed by atoms with Crippen LogP contribution in [0, 0.1) is 10.1 Å². The fraction of sp³-hybridized carbons (Fsp3) is 0.0526. The molecule has 0 aliphatic heterocycles. The quantitative estimate of drug-likeness (QED) is 0.308. The third kappa shape index (κ3) is 5.25. The van der Waals surface area contributed by atoms with E-state index in [2.05, 4.69) is 15.2 Å². The zero-order valence-corrected chi connectivity index (χ0v) is 16.8. The van der Waals surface area contributed by atoms with Gasteiger partial charge in [-0.1, -0.05) is 18.2 Å². The van der Waals surface area contributed by atoms with E-state index in [9.17, 15) is 23.3 Å². The van der Waals surface area contributed by atoms with E-state index in [-0.39, 0.29) is 21.9 Å². The minimum absolute atomic E-state index is 0.0328. The van der Waals surface area contributed by atoms with Crippen LogP contribution in [0.2, 0.25) is 0 Å².